The molecule has 9 heteroatoms. The standard InChI is InChI=1S/C27H36N4O5/c1-27(2,3)28-26(33)30(14-15-34-4)18-25(32)31-24(19-10-12-21(35-5)13-11-19)17-23(29-31)20-8-7-9-22(16-20)36-6/h7-13,16,24H,14-15,17-18H2,1-6H3,(H,28,33)/t24-/m0/s1. The maximum atomic E-state index is 13.6. The molecular formula is C27H36N4O5. The number of hydrogen-bond acceptors (Lipinski definition) is 6. The normalized spacial score (nSPS) is 15.3. The number of urea groups is 1. The van der Waals surface area contributed by atoms with Crippen molar-refractivity contribution in [3.63, 3.8) is 0 Å². The van der Waals surface area contributed by atoms with Crippen LogP contribution in [-0.4, -0.2) is 74.1 Å². The van der Waals surface area contributed by atoms with E-state index in [1.807, 2.05) is 69.3 Å². The van der Waals surface area contributed by atoms with Crippen molar-refractivity contribution in [2.24, 2.45) is 5.10 Å². The Morgan fingerprint density at radius 1 is 1.06 bits per heavy atom. The number of hydrogen-bond donors (Lipinski definition) is 1. The average molecular weight is 497 g/mol. The molecule has 0 spiro atoms. The van der Waals surface area contributed by atoms with Crippen LogP contribution in [0.2, 0.25) is 0 Å². The predicted molar refractivity (Wildman–Crippen MR) is 138 cm³/mol. The lowest BCUT2D eigenvalue weighted by molar-refractivity contribution is -0.133. The van der Waals surface area contributed by atoms with E-state index >= 15 is 0 Å². The Morgan fingerprint density at radius 3 is 2.36 bits per heavy atom. The van der Waals surface area contributed by atoms with Gasteiger partial charge < -0.3 is 24.4 Å². The molecule has 1 atom stereocenters. The summed E-state index contributed by atoms with van der Waals surface area (Å²) in [4.78, 5) is 28.0. The van der Waals surface area contributed by atoms with Crippen molar-refractivity contribution in [2.45, 2.75) is 38.8 Å². The molecule has 0 aromatic heterocycles. The Kier molecular flexibility index (Phi) is 8.93. The smallest absolute Gasteiger partial charge is 0.318 e. The van der Waals surface area contributed by atoms with Crippen molar-refractivity contribution >= 4 is 17.6 Å². The number of carbonyl (C=O) groups is 2. The van der Waals surface area contributed by atoms with Crippen molar-refractivity contribution in [2.75, 3.05) is 41.0 Å². The van der Waals surface area contributed by atoms with Crippen LogP contribution in [0.15, 0.2) is 53.6 Å². The van der Waals surface area contributed by atoms with Crippen molar-refractivity contribution in [1.82, 2.24) is 15.2 Å². The molecule has 36 heavy (non-hydrogen) atoms. The number of benzene rings is 2. The number of methoxy groups -OCH3 is 3. The molecule has 1 N–H and O–H groups in total. The molecule has 0 bridgehead atoms. The van der Waals surface area contributed by atoms with Crippen LogP contribution in [0, 0.1) is 0 Å². The van der Waals surface area contributed by atoms with Gasteiger partial charge in [0.25, 0.3) is 5.91 Å². The predicted octanol–water partition coefficient (Wildman–Crippen LogP) is 3.84. The minimum absolute atomic E-state index is 0.132. The fourth-order valence-corrected chi connectivity index (χ4v) is 3.89. The van der Waals surface area contributed by atoms with Crippen LogP contribution in [0.1, 0.15) is 44.4 Å². The Labute approximate surface area is 213 Å². The van der Waals surface area contributed by atoms with E-state index < -0.39 is 5.54 Å². The second-order valence-corrected chi connectivity index (χ2v) is 9.60. The summed E-state index contributed by atoms with van der Waals surface area (Å²) < 4.78 is 15.8. The molecule has 0 saturated carbocycles. The van der Waals surface area contributed by atoms with Gasteiger partial charge in [0, 0.05) is 31.2 Å². The van der Waals surface area contributed by atoms with E-state index in [0.717, 1.165) is 22.6 Å². The van der Waals surface area contributed by atoms with E-state index in [4.69, 9.17) is 19.3 Å². The molecule has 3 rings (SSSR count). The topological polar surface area (TPSA) is 92.7 Å². The summed E-state index contributed by atoms with van der Waals surface area (Å²) in [6, 6.07) is 14.6. The number of rotatable bonds is 9. The third-order valence-electron chi connectivity index (χ3n) is 5.73. The quantitative estimate of drug-likeness (QED) is 0.570. The molecule has 0 unspecified atom stereocenters. The summed E-state index contributed by atoms with van der Waals surface area (Å²) in [7, 11) is 4.79. The third kappa shape index (κ3) is 6.97. The van der Waals surface area contributed by atoms with Gasteiger partial charge >= 0.3 is 6.03 Å². The van der Waals surface area contributed by atoms with E-state index in [0.29, 0.717) is 18.8 Å². The van der Waals surface area contributed by atoms with Gasteiger partial charge in [0.05, 0.1) is 32.6 Å². The number of hydrazone groups is 1. The molecule has 0 saturated heterocycles. The Hall–Kier alpha value is -3.59. The Morgan fingerprint density at radius 2 is 1.75 bits per heavy atom. The molecule has 2 aromatic carbocycles. The molecule has 3 amide bonds. The highest BCUT2D eigenvalue weighted by atomic mass is 16.5. The molecule has 194 valence electrons. The highest BCUT2D eigenvalue weighted by Gasteiger charge is 2.35. The summed E-state index contributed by atoms with van der Waals surface area (Å²) in [6.07, 6.45) is 0.525. The molecule has 2 aromatic rings. The Bertz CT molecular complexity index is 1080. The van der Waals surface area contributed by atoms with Gasteiger partial charge in [-0.15, -0.1) is 0 Å². The van der Waals surface area contributed by atoms with Gasteiger partial charge in [0.2, 0.25) is 0 Å². The van der Waals surface area contributed by atoms with E-state index in [9.17, 15) is 9.59 Å². The van der Waals surface area contributed by atoms with Gasteiger partial charge in [-0.1, -0.05) is 24.3 Å². The average Bonchev–Trinajstić information content (AvgIpc) is 3.31. The first-order chi connectivity index (χ1) is 17.1. The van der Waals surface area contributed by atoms with Crippen LogP contribution in [0.5, 0.6) is 11.5 Å². The minimum atomic E-state index is -0.442. The zero-order valence-electron chi connectivity index (χ0n) is 21.9. The number of amides is 3. The Balaban J connectivity index is 1.91. The second-order valence-electron chi connectivity index (χ2n) is 9.60. The first-order valence-electron chi connectivity index (χ1n) is 11.9. The summed E-state index contributed by atoms with van der Waals surface area (Å²) in [5.74, 6) is 1.16. The number of ether oxygens (including phenoxy) is 3. The zero-order chi connectivity index (χ0) is 26.3. The maximum Gasteiger partial charge on any atom is 0.318 e. The summed E-state index contributed by atoms with van der Waals surface area (Å²) in [5.41, 5.74) is 2.13. The van der Waals surface area contributed by atoms with Crippen LogP contribution < -0.4 is 14.8 Å². The lowest BCUT2D eigenvalue weighted by Gasteiger charge is -2.30. The highest BCUT2D eigenvalue weighted by Crippen LogP contribution is 2.34. The molecule has 9 nitrogen and oxygen atoms in total. The van der Waals surface area contributed by atoms with Crippen LogP contribution in [0.3, 0.4) is 0 Å². The minimum Gasteiger partial charge on any atom is -0.497 e. The number of nitrogens with zero attached hydrogens (tertiary/aromatic N) is 3. The third-order valence-corrected chi connectivity index (χ3v) is 5.73. The first kappa shape index (κ1) is 27.0. The van der Waals surface area contributed by atoms with Gasteiger partial charge in [0.1, 0.15) is 18.0 Å². The van der Waals surface area contributed by atoms with Gasteiger partial charge in [-0.2, -0.15) is 5.10 Å². The van der Waals surface area contributed by atoms with Crippen LogP contribution in [-0.2, 0) is 9.53 Å². The lowest BCUT2D eigenvalue weighted by atomic mass is 9.98. The lowest BCUT2D eigenvalue weighted by Crippen LogP contribution is -2.52. The fourth-order valence-electron chi connectivity index (χ4n) is 3.89. The number of nitrogens with one attached hydrogen (secondary N) is 1. The number of carbonyl (C=O) groups excluding carboxylic acids is 2. The van der Waals surface area contributed by atoms with Crippen LogP contribution in [0.4, 0.5) is 4.79 Å². The highest BCUT2D eigenvalue weighted by molar-refractivity contribution is 6.03. The van der Waals surface area contributed by atoms with Crippen molar-refractivity contribution < 1.29 is 23.8 Å². The first-order valence-corrected chi connectivity index (χ1v) is 11.9. The van der Waals surface area contributed by atoms with Crippen molar-refractivity contribution in [1.29, 1.82) is 0 Å². The maximum absolute atomic E-state index is 13.6. The second kappa shape index (κ2) is 11.9. The molecule has 0 aliphatic carbocycles. The van der Waals surface area contributed by atoms with Crippen LogP contribution >= 0.6 is 0 Å². The monoisotopic (exact) mass is 496 g/mol. The van der Waals surface area contributed by atoms with Crippen LogP contribution in [0.25, 0.3) is 0 Å². The van der Waals surface area contributed by atoms with E-state index in [1.54, 1.807) is 21.3 Å². The van der Waals surface area contributed by atoms with Crippen molar-refractivity contribution in [3.8, 4) is 11.5 Å². The summed E-state index contributed by atoms with van der Waals surface area (Å²) >= 11 is 0. The molecule has 0 radical (unpaired) electrons. The molecule has 1 aliphatic rings. The van der Waals surface area contributed by atoms with E-state index in [1.165, 1.54) is 9.91 Å². The van der Waals surface area contributed by atoms with E-state index in [-0.39, 0.29) is 31.1 Å². The molecular weight excluding hydrogens is 460 g/mol. The van der Waals surface area contributed by atoms with E-state index in [2.05, 4.69) is 5.32 Å². The van der Waals surface area contributed by atoms with Gasteiger partial charge in [-0.05, 0) is 50.6 Å². The zero-order valence-corrected chi connectivity index (χ0v) is 21.9. The van der Waals surface area contributed by atoms with Gasteiger partial charge in [0.15, 0.2) is 0 Å². The SMILES string of the molecule is COCCN(CC(=O)N1N=C(c2cccc(OC)c2)C[C@H]1c1ccc(OC)cc1)C(=O)NC(C)(C)C. The molecule has 1 aliphatic heterocycles. The largest absolute Gasteiger partial charge is 0.497 e. The van der Waals surface area contributed by atoms with Gasteiger partial charge in [-0.25, -0.2) is 9.80 Å². The summed E-state index contributed by atoms with van der Waals surface area (Å²) in [6.45, 7) is 6.14. The van der Waals surface area contributed by atoms with Gasteiger partial charge in [-0.3, -0.25) is 4.79 Å². The fraction of sp³-hybridized carbons (Fsp3) is 0.444. The molecule has 1 heterocycles. The molecule has 0 fully saturated rings. The van der Waals surface area contributed by atoms with Crippen molar-refractivity contribution in [3.05, 3.63) is 59.7 Å². The summed E-state index contributed by atoms with van der Waals surface area (Å²) in [5, 5.41) is 9.14.